The first-order valence-corrected chi connectivity index (χ1v) is 6.46. The molecule has 0 atom stereocenters. The zero-order valence-electron chi connectivity index (χ0n) is 11.1. The van der Waals surface area contributed by atoms with Gasteiger partial charge in [-0.3, -0.25) is 9.59 Å². The van der Waals surface area contributed by atoms with Gasteiger partial charge in [0.2, 0.25) is 5.91 Å². The molecule has 0 radical (unpaired) electrons. The minimum Gasteiger partial charge on any atom is -0.398 e. The number of nitrogen functional groups attached to an aromatic ring is 1. The van der Waals surface area contributed by atoms with Crippen molar-refractivity contribution in [3.05, 3.63) is 15.8 Å². The predicted octanol–water partition coefficient (Wildman–Crippen LogP) is 1.14. The first-order valence-electron chi connectivity index (χ1n) is 5.64. The lowest BCUT2D eigenvalue weighted by atomic mass is 9.92. The highest BCUT2D eigenvalue weighted by Gasteiger charge is 2.27. The first kappa shape index (κ1) is 14.5. The van der Waals surface area contributed by atoms with Gasteiger partial charge in [-0.1, -0.05) is 0 Å². The van der Waals surface area contributed by atoms with E-state index in [2.05, 4.69) is 10.6 Å². The van der Waals surface area contributed by atoms with Gasteiger partial charge in [-0.15, -0.1) is 11.3 Å². The molecule has 0 aromatic carbocycles. The van der Waals surface area contributed by atoms with Crippen LogP contribution in [0.4, 0.5) is 5.69 Å². The molecule has 0 unspecified atom stereocenters. The summed E-state index contributed by atoms with van der Waals surface area (Å²) < 4.78 is 0. The van der Waals surface area contributed by atoms with E-state index < -0.39 is 5.41 Å². The van der Waals surface area contributed by atoms with E-state index in [1.807, 2.05) is 6.92 Å². The maximum atomic E-state index is 11.9. The Morgan fingerprint density at radius 1 is 1.44 bits per heavy atom. The topological polar surface area (TPSA) is 84.2 Å². The molecular formula is C12H19N3O2S. The largest absolute Gasteiger partial charge is 0.398 e. The zero-order chi connectivity index (χ0) is 13.9. The van der Waals surface area contributed by atoms with Gasteiger partial charge in [0, 0.05) is 24.2 Å². The monoisotopic (exact) mass is 269 g/mol. The Morgan fingerprint density at radius 3 is 2.50 bits per heavy atom. The molecule has 2 amide bonds. The van der Waals surface area contributed by atoms with Crippen molar-refractivity contribution >= 4 is 28.8 Å². The van der Waals surface area contributed by atoms with Gasteiger partial charge in [0.25, 0.3) is 5.91 Å². The fraction of sp³-hybridized carbons (Fsp3) is 0.500. The molecule has 18 heavy (non-hydrogen) atoms. The number of hydrogen-bond acceptors (Lipinski definition) is 4. The lowest BCUT2D eigenvalue weighted by molar-refractivity contribution is -0.128. The average molecular weight is 269 g/mol. The van der Waals surface area contributed by atoms with Crippen molar-refractivity contribution in [3.8, 4) is 0 Å². The van der Waals surface area contributed by atoms with Crippen molar-refractivity contribution in [1.82, 2.24) is 10.6 Å². The quantitative estimate of drug-likeness (QED) is 0.766. The van der Waals surface area contributed by atoms with Gasteiger partial charge >= 0.3 is 0 Å². The Morgan fingerprint density at radius 2 is 2.06 bits per heavy atom. The molecule has 1 aromatic heterocycles. The Kier molecular flexibility index (Phi) is 4.34. The molecule has 1 heterocycles. The fourth-order valence-electron chi connectivity index (χ4n) is 1.42. The molecule has 6 heteroatoms. The van der Waals surface area contributed by atoms with E-state index in [1.165, 1.54) is 11.3 Å². The Balaban J connectivity index is 2.64. The molecule has 100 valence electrons. The molecule has 1 aromatic rings. The number of rotatable bonds is 4. The summed E-state index contributed by atoms with van der Waals surface area (Å²) in [5, 5.41) is 5.32. The van der Waals surface area contributed by atoms with Crippen molar-refractivity contribution in [2.45, 2.75) is 20.8 Å². The van der Waals surface area contributed by atoms with Crippen molar-refractivity contribution < 1.29 is 9.59 Å². The van der Waals surface area contributed by atoms with E-state index >= 15 is 0 Å². The Hall–Kier alpha value is -1.56. The van der Waals surface area contributed by atoms with Crippen molar-refractivity contribution in [2.75, 3.05) is 19.3 Å². The number of nitrogens with two attached hydrogens (primary N) is 1. The number of nitrogens with one attached hydrogen (secondary N) is 2. The summed E-state index contributed by atoms with van der Waals surface area (Å²) in [4.78, 5) is 24.9. The number of hydrogen-bond donors (Lipinski definition) is 3. The van der Waals surface area contributed by atoms with E-state index in [0.29, 0.717) is 10.6 Å². The number of aryl methyl sites for hydroxylation is 1. The molecule has 0 aliphatic rings. The lowest BCUT2D eigenvalue weighted by Gasteiger charge is -2.22. The summed E-state index contributed by atoms with van der Waals surface area (Å²) in [6.07, 6.45) is 0. The molecule has 0 bridgehead atoms. The molecule has 0 aliphatic heterocycles. The predicted molar refractivity (Wildman–Crippen MR) is 73.6 cm³/mol. The molecule has 4 N–H and O–H groups in total. The normalized spacial score (nSPS) is 11.1. The molecule has 0 aliphatic carbocycles. The molecular weight excluding hydrogens is 250 g/mol. The van der Waals surface area contributed by atoms with E-state index in [1.54, 1.807) is 27.0 Å². The van der Waals surface area contributed by atoms with Crippen LogP contribution in [0.15, 0.2) is 6.07 Å². The summed E-state index contributed by atoms with van der Waals surface area (Å²) >= 11 is 1.35. The van der Waals surface area contributed by atoms with Gasteiger partial charge in [0.1, 0.15) is 0 Å². The van der Waals surface area contributed by atoms with E-state index in [-0.39, 0.29) is 18.4 Å². The van der Waals surface area contributed by atoms with Crippen LogP contribution >= 0.6 is 11.3 Å². The lowest BCUT2D eigenvalue weighted by Crippen LogP contribution is -2.43. The fourth-order valence-corrected chi connectivity index (χ4v) is 2.27. The second-order valence-electron chi connectivity index (χ2n) is 4.77. The average Bonchev–Trinajstić information content (AvgIpc) is 2.65. The third kappa shape index (κ3) is 3.22. The van der Waals surface area contributed by atoms with Crippen LogP contribution in [0.5, 0.6) is 0 Å². The minimum absolute atomic E-state index is 0.107. The molecule has 5 nitrogen and oxygen atoms in total. The number of amides is 2. The van der Waals surface area contributed by atoms with Crippen molar-refractivity contribution in [2.24, 2.45) is 5.41 Å². The van der Waals surface area contributed by atoms with E-state index in [0.717, 1.165) is 4.88 Å². The molecule has 0 saturated heterocycles. The highest BCUT2D eigenvalue weighted by atomic mass is 32.1. The van der Waals surface area contributed by atoms with E-state index in [4.69, 9.17) is 5.73 Å². The maximum absolute atomic E-state index is 11.9. The second-order valence-corrected chi connectivity index (χ2v) is 6.02. The zero-order valence-corrected chi connectivity index (χ0v) is 11.9. The van der Waals surface area contributed by atoms with Gasteiger partial charge in [0.05, 0.1) is 10.3 Å². The summed E-state index contributed by atoms with van der Waals surface area (Å²) in [5.41, 5.74) is 5.68. The molecule has 1 rings (SSSR count). The molecule has 0 fully saturated rings. The van der Waals surface area contributed by atoms with Gasteiger partial charge in [-0.2, -0.15) is 0 Å². The summed E-state index contributed by atoms with van der Waals surface area (Å²) in [5.74, 6) is -0.304. The number of anilines is 1. The number of thiophene rings is 1. The van der Waals surface area contributed by atoms with Crippen LogP contribution in [0, 0.1) is 12.3 Å². The van der Waals surface area contributed by atoms with Crippen molar-refractivity contribution in [1.29, 1.82) is 0 Å². The highest BCUT2D eigenvalue weighted by Crippen LogP contribution is 2.23. The number of carbonyl (C=O) groups excluding carboxylic acids is 2. The first-order chi connectivity index (χ1) is 8.27. The number of carbonyl (C=O) groups is 2. The van der Waals surface area contributed by atoms with Gasteiger partial charge in [0.15, 0.2) is 0 Å². The maximum Gasteiger partial charge on any atom is 0.261 e. The molecule has 0 spiro atoms. The van der Waals surface area contributed by atoms with Crippen LogP contribution in [0.1, 0.15) is 28.4 Å². The van der Waals surface area contributed by atoms with Crippen LogP contribution in [-0.4, -0.2) is 25.4 Å². The van der Waals surface area contributed by atoms with Crippen LogP contribution < -0.4 is 16.4 Å². The SMILES string of the molecule is CNC(=O)C(C)(C)CNC(=O)c1cc(N)c(C)s1. The Bertz CT molecular complexity index is 446. The van der Waals surface area contributed by atoms with E-state index in [9.17, 15) is 9.59 Å². The van der Waals surface area contributed by atoms with Gasteiger partial charge < -0.3 is 16.4 Å². The smallest absolute Gasteiger partial charge is 0.261 e. The summed E-state index contributed by atoms with van der Waals surface area (Å²) in [7, 11) is 1.58. The third-order valence-electron chi connectivity index (χ3n) is 2.71. The second kappa shape index (κ2) is 5.39. The molecule has 0 saturated carbocycles. The Labute approximate surface area is 111 Å². The van der Waals surface area contributed by atoms with Crippen molar-refractivity contribution in [3.63, 3.8) is 0 Å². The van der Waals surface area contributed by atoms with Gasteiger partial charge in [-0.25, -0.2) is 0 Å². The van der Waals surface area contributed by atoms with Crippen LogP contribution in [-0.2, 0) is 4.79 Å². The summed E-state index contributed by atoms with van der Waals surface area (Å²) in [6, 6.07) is 1.65. The standard InChI is InChI=1S/C12H19N3O2S/c1-7-8(13)5-9(18-7)10(16)15-6-12(2,3)11(17)14-4/h5H,6,13H2,1-4H3,(H,14,17)(H,15,16). The minimum atomic E-state index is -0.637. The van der Waals surface area contributed by atoms with Crippen LogP contribution in [0.2, 0.25) is 0 Å². The summed E-state index contributed by atoms with van der Waals surface area (Å²) in [6.45, 7) is 5.70. The highest BCUT2D eigenvalue weighted by molar-refractivity contribution is 7.14. The van der Waals surface area contributed by atoms with Crippen LogP contribution in [0.3, 0.4) is 0 Å². The third-order valence-corrected chi connectivity index (χ3v) is 3.78. The van der Waals surface area contributed by atoms with Crippen LogP contribution in [0.25, 0.3) is 0 Å². The van der Waals surface area contributed by atoms with Gasteiger partial charge in [-0.05, 0) is 26.8 Å².